The van der Waals surface area contributed by atoms with E-state index in [0.717, 1.165) is 19.3 Å². The summed E-state index contributed by atoms with van der Waals surface area (Å²) >= 11 is 0. The van der Waals surface area contributed by atoms with E-state index in [1.807, 2.05) is 30.6 Å². The molecule has 35 heavy (non-hydrogen) atoms. The van der Waals surface area contributed by atoms with Gasteiger partial charge < -0.3 is 9.16 Å². The lowest BCUT2D eigenvalue weighted by atomic mass is 9.96. The van der Waals surface area contributed by atoms with Crippen LogP contribution in [0.2, 0.25) is 18.1 Å². The molecule has 1 aromatic carbocycles. The molecular formula is C29H44N2O3Si. The number of nitrogens with zero attached hydrogens (tertiary/aromatic N) is 2. The van der Waals surface area contributed by atoms with Crippen LogP contribution in [0.15, 0.2) is 48.8 Å². The van der Waals surface area contributed by atoms with E-state index in [0.29, 0.717) is 11.6 Å². The van der Waals surface area contributed by atoms with Gasteiger partial charge in [-0.1, -0.05) is 39.0 Å². The molecule has 5 nitrogen and oxygen atoms in total. The lowest BCUT2D eigenvalue weighted by Crippen LogP contribution is -2.54. The zero-order valence-corrected chi connectivity index (χ0v) is 24.1. The highest BCUT2D eigenvalue weighted by Crippen LogP contribution is 2.45. The number of pyridine rings is 1. The van der Waals surface area contributed by atoms with Crippen molar-refractivity contribution in [2.45, 2.75) is 103 Å². The van der Waals surface area contributed by atoms with Gasteiger partial charge in [-0.3, -0.25) is 9.88 Å². The molecule has 0 aliphatic carbocycles. The largest absolute Gasteiger partial charge is 0.465 e. The summed E-state index contributed by atoms with van der Waals surface area (Å²) in [6.45, 7) is 18.5. The number of esters is 1. The highest BCUT2D eigenvalue weighted by Gasteiger charge is 2.47. The number of ether oxygens (including phenoxy) is 1. The van der Waals surface area contributed by atoms with E-state index in [2.05, 4.69) is 82.7 Å². The van der Waals surface area contributed by atoms with Gasteiger partial charge in [0.25, 0.3) is 0 Å². The smallest absolute Gasteiger partial charge is 0.337 e. The Hall–Kier alpha value is -2.02. The molecule has 0 bridgehead atoms. The Kier molecular flexibility index (Phi) is 8.29. The van der Waals surface area contributed by atoms with Crippen molar-refractivity contribution >= 4 is 14.3 Å². The minimum Gasteiger partial charge on any atom is -0.465 e. The maximum atomic E-state index is 11.8. The molecule has 3 atom stereocenters. The molecule has 6 heteroatoms. The third-order valence-electron chi connectivity index (χ3n) is 7.76. The van der Waals surface area contributed by atoms with Gasteiger partial charge in [-0.05, 0) is 87.5 Å². The van der Waals surface area contributed by atoms with Gasteiger partial charge in [0.15, 0.2) is 8.32 Å². The van der Waals surface area contributed by atoms with Crippen LogP contribution in [0.4, 0.5) is 0 Å². The van der Waals surface area contributed by atoms with Crippen LogP contribution < -0.4 is 0 Å². The normalized spacial score (nSPS) is 20.6. The Morgan fingerprint density at radius 3 is 2.26 bits per heavy atom. The predicted molar refractivity (Wildman–Crippen MR) is 145 cm³/mol. The lowest BCUT2D eigenvalue weighted by molar-refractivity contribution is 0.00718. The van der Waals surface area contributed by atoms with E-state index in [4.69, 9.17) is 9.16 Å². The topological polar surface area (TPSA) is 51.7 Å². The highest BCUT2D eigenvalue weighted by atomic mass is 28.4. The van der Waals surface area contributed by atoms with Crippen molar-refractivity contribution in [2.24, 2.45) is 0 Å². The summed E-state index contributed by atoms with van der Waals surface area (Å²) in [7, 11) is -0.605. The van der Waals surface area contributed by atoms with Gasteiger partial charge in [0.2, 0.25) is 0 Å². The van der Waals surface area contributed by atoms with E-state index in [-0.39, 0.29) is 28.7 Å². The summed E-state index contributed by atoms with van der Waals surface area (Å²) in [5.41, 5.74) is 2.97. The molecule has 0 N–H and O–H groups in total. The van der Waals surface area contributed by atoms with E-state index in [9.17, 15) is 4.79 Å². The minimum atomic E-state index is -2.02. The second kappa shape index (κ2) is 10.5. The van der Waals surface area contributed by atoms with Crippen molar-refractivity contribution < 1.29 is 14.0 Å². The van der Waals surface area contributed by atoms with Gasteiger partial charge in [0.1, 0.15) is 0 Å². The number of rotatable bonds is 7. The van der Waals surface area contributed by atoms with Gasteiger partial charge >= 0.3 is 5.97 Å². The summed E-state index contributed by atoms with van der Waals surface area (Å²) in [6, 6.07) is 12.7. The number of methoxy groups -OCH3 is 1. The zero-order chi connectivity index (χ0) is 26.0. The number of carbonyl (C=O) groups excluding carboxylic acids is 1. The summed E-state index contributed by atoms with van der Waals surface area (Å²) in [4.78, 5) is 19.0. The minimum absolute atomic E-state index is 0.0180. The Morgan fingerprint density at radius 1 is 1.09 bits per heavy atom. The number of likely N-dealkylation sites (tertiary alicyclic amines) is 1. The monoisotopic (exact) mass is 496 g/mol. The number of benzene rings is 1. The van der Waals surface area contributed by atoms with Crippen molar-refractivity contribution in [1.82, 2.24) is 9.88 Å². The molecule has 0 spiro atoms. The summed E-state index contributed by atoms with van der Waals surface area (Å²) in [5, 5.41) is 0.124. The lowest BCUT2D eigenvalue weighted by Gasteiger charge is -2.47. The fourth-order valence-electron chi connectivity index (χ4n) is 5.03. The van der Waals surface area contributed by atoms with Crippen molar-refractivity contribution in [1.29, 1.82) is 0 Å². The zero-order valence-electron chi connectivity index (χ0n) is 23.1. The van der Waals surface area contributed by atoms with Crippen molar-refractivity contribution in [2.75, 3.05) is 7.11 Å². The molecule has 1 aliphatic rings. The van der Waals surface area contributed by atoms with Crippen molar-refractivity contribution in [3.63, 3.8) is 0 Å². The summed E-state index contributed by atoms with van der Waals surface area (Å²) in [6.07, 6.45) is 6.93. The van der Waals surface area contributed by atoms with E-state index in [1.54, 1.807) is 0 Å². The van der Waals surface area contributed by atoms with Crippen LogP contribution in [0.1, 0.15) is 82.0 Å². The number of hydrogen-bond donors (Lipinski definition) is 0. The van der Waals surface area contributed by atoms with Crippen LogP contribution in [-0.2, 0) is 15.6 Å². The molecule has 1 saturated heterocycles. The van der Waals surface area contributed by atoms with Crippen molar-refractivity contribution in [3.05, 3.63) is 65.5 Å². The first-order valence-electron chi connectivity index (χ1n) is 12.8. The third-order valence-corrected chi connectivity index (χ3v) is 12.2. The number of carbonyl (C=O) groups is 1. The fourth-order valence-corrected chi connectivity index (χ4v) is 6.31. The summed E-state index contributed by atoms with van der Waals surface area (Å²) in [5.74, 6) is -0.295. The van der Waals surface area contributed by atoms with Crippen LogP contribution in [0.3, 0.4) is 0 Å². The molecule has 192 valence electrons. The molecule has 0 saturated carbocycles. The first kappa shape index (κ1) is 27.6. The SMILES string of the molecule is COC(=O)c1ccc(C[C@@H]2CC[C@H]([C@H](O[Si](C)(C)C(C)(C)C)c3cccnc3)N2C(C)(C)C)cc1. The Bertz CT molecular complexity index is 978. The number of aromatic nitrogens is 1. The van der Waals surface area contributed by atoms with Crippen LogP contribution in [0.5, 0.6) is 0 Å². The Morgan fingerprint density at radius 2 is 1.74 bits per heavy atom. The molecule has 0 radical (unpaired) electrons. The highest BCUT2D eigenvalue weighted by molar-refractivity contribution is 6.74. The van der Waals surface area contributed by atoms with Crippen LogP contribution in [0, 0.1) is 0 Å². The first-order valence-corrected chi connectivity index (χ1v) is 15.7. The van der Waals surface area contributed by atoms with Gasteiger partial charge in [-0.2, -0.15) is 0 Å². The summed E-state index contributed by atoms with van der Waals surface area (Å²) < 4.78 is 12.0. The van der Waals surface area contributed by atoms with Gasteiger partial charge in [-0.15, -0.1) is 0 Å². The standard InChI is InChI=1S/C29H44N2O3Si/c1-28(2,3)31-24(19-21-12-14-22(15-13-21)27(32)33-7)16-17-25(31)26(23-11-10-18-30-20-23)34-35(8,9)29(4,5)6/h10-15,18,20,24-26H,16-17,19H2,1-9H3/t24-,25+,26+/m0/s1. The van der Waals surface area contributed by atoms with Gasteiger partial charge in [0, 0.05) is 30.0 Å². The molecule has 0 amide bonds. The van der Waals surface area contributed by atoms with Crippen LogP contribution >= 0.6 is 0 Å². The van der Waals surface area contributed by atoms with Gasteiger partial charge in [0.05, 0.1) is 18.8 Å². The van der Waals surface area contributed by atoms with Gasteiger partial charge in [-0.25, -0.2) is 4.79 Å². The molecule has 2 aromatic rings. The quantitative estimate of drug-likeness (QED) is 0.311. The molecule has 0 unspecified atom stereocenters. The molecule has 3 rings (SSSR count). The van der Waals surface area contributed by atoms with Crippen LogP contribution in [0.25, 0.3) is 0 Å². The molecular weight excluding hydrogens is 452 g/mol. The van der Waals surface area contributed by atoms with E-state index < -0.39 is 8.32 Å². The predicted octanol–water partition coefficient (Wildman–Crippen LogP) is 6.81. The Balaban J connectivity index is 1.93. The molecule has 1 fully saturated rings. The fraction of sp³-hybridized carbons (Fsp3) is 0.586. The molecule has 1 aromatic heterocycles. The van der Waals surface area contributed by atoms with Crippen LogP contribution in [-0.4, -0.2) is 48.9 Å². The second-order valence-electron chi connectivity index (χ2n) is 12.4. The average Bonchev–Trinajstić information content (AvgIpc) is 3.21. The first-order chi connectivity index (χ1) is 16.2. The van der Waals surface area contributed by atoms with Crippen molar-refractivity contribution in [3.8, 4) is 0 Å². The van der Waals surface area contributed by atoms with E-state index in [1.165, 1.54) is 18.2 Å². The third kappa shape index (κ3) is 6.41. The maximum Gasteiger partial charge on any atom is 0.337 e. The number of hydrogen-bond acceptors (Lipinski definition) is 5. The second-order valence-corrected chi connectivity index (χ2v) is 17.1. The maximum absolute atomic E-state index is 11.8. The molecule has 1 aliphatic heterocycles. The van der Waals surface area contributed by atoms with E-state index >= 15 is 0 Å². The molecule has 2 heterocycles. The Labute approximate surface area is 213 Å². The average molecular weight is 497 g/mol.